The fourth-order valence-electron chi connectivity index (χ4n) is 1.37. The standard InChI is InChI=1S/C10H11BF2O4/c1-5(10(14)15)2-6-3-9(13)7(11(16)17)4-8(6)12/h3-5,16-17H,2H2,1H3,(H,14,15)/t5-/m0/s1. The van der Waals surface area contributed by atoms with Crippen LogP contribution in [0.1, 0.15) is 12.5 Å². The molecule has 1 rings (SSSR count). The average molecular weight is 244 g/mol. The number of carbonyl (C=O) groups is 1. The van der Waals surface area contributed by atoms with E-state index in [9.17, 15) is 13.6 Å². The second-order valence-electron chi connectivity index (χ2n) is 3.78. The van der Waals surface area contributed by atoms with E-state index < -0.39 is 36.1 Å². The van der Waals surface area contributed by atoms with Gasteiger partial charge in [-0.2, -0.15) is 0 Å². The van der Waals surface area contributed by atoms with Crippen molar-refractivity contribution in [1.82, 2.24) is 0 Å². The van der Waals surface area contributed by atoms with E-state index in [1.165, 1.54) is 6.92 Å². The molecule has 0 radical (unpaired) electrons. The molecule has 0 fully saturated rings. The Labute approximate surface area is 96.7 Å². The van der Waals surface area contributed by atoms with Crippen LogP contribution in [0, 0.1) is 17.6 Å². The van der Waals surface area contributed by atoms with E-state index in [0.717, 1.165) is 6.07 Å². The van der Waals surface area contributed by atoms with Gasteiger partial charge in [-0.1, -0.05) is 6.92 Å². The Balaban J connectivity index is 3.03. The first-order valence-corrected chi connectivity index (χ1v) is 4.89. The number of benzene rings is 1. The van der Waals surface area contributed by atoms with Crippen LogP contribution in [0.15, 0.2) is 12.1 Å². The van der Waals surface area contributed by atoms with Crippen LogP contribution in [-0.2, 0) is 11.2 Å². The van der Waals surface area contributed by atoms with Gasteiger partial charge < -0.3 is 15.2 Å². The number of rotatable bonds is 4. The molecule has 0 aromatic heterocycles. The molecule has 3 N–H and O–H groups in total. The van der Waals surface area contributed by atoms with Crippen LogP contribution >= 0.6 is 0 Å². The van der Waals surface area contributed by atoms with E-state index in [-0.39, 0.29) is 12.0 Å². The van der Waals surface area contributed by atoms with Crippen molar-refractivity contribution in [1.29, 1.82) is 0 Å². The summed E-state index contributed by atoms with van der Waals surface area (Å²) in [6, 6.07) is 1.44. The number of halogens is 2. The number of carboxylic acids is 1. The molecule has 0 saturated heterocycles. The maximum absolute atomic E-state index is 13.4. The summed E-state index contributed by atoms with van der Waals surface area (Å²) in [5.74, 6) is -3.80. The van der Waals surface area contributed by atoms with E-state index >= 15 is 0 Å². The molecule has 0 saturated carbocycles. The lowest BCUT2D eigenvalue weighted by Crippen LogP contribution is -2.33. The van der Waals surface area contributed by atoms with Crippen molar-refractivity contribution in [2.24, 2.45) is 5.92 Å². The van der Waals surface area contributed by atoms with Crippen LogP contribution in [0.25, 0.3) is 0 Å². The molecule has 0 spiro atoms. The second-order valence-corrected chi connectivity index (χ2v) is 3.78. The van der Waals surface area contributed by atoms with Crippen LogP contribution < -0.4 is 5.46 Å². The second kappa shape index (κ2) is 5.24. The normalized spacial score (nSPS) is 12.3. The van der Waals surface area contributed by atoms with Gasteiger partial charge in [0, 0.05) is 5.46 Å². The Morgan fingerprint density at radius 1 is 1.35 bits per heavy atom. The highest BCUT2D eigenvalue weighted by molar-refractivity contribution is 6.58. The molecule has 0 aliphatic heterocycles. The maximum atomic E-state index is 13.4. The zero-order valence-electron chi connectivity index (χ0n) is 9.02. The fourth-order valence-corrected chi connectivity index (χ4v) is 1.37. The molecule has 0 aliphatic carbocycles. The number of hydrogen-bond acceptors (Lipinski definition) is 3. The van der Waals surface area contributed by atoms with Gasteiger partial charge >= 0.3 is 13.1 Å². The highest BCUT2D eigenvalue weighted by Gasteiger charge is 2.21. The Kier molecular flexibility index (Phi) is 4.19. The lowest BCUT2D eigenvalue weighted by atomic mass is 9.79. The Morgan fingerprint density at radius 3 is 2.41 bits per heavy atom. The summed E-state index contributed by atoms with van der Waals surface area (Å²) in [5.41, 5.74) is -0.684. The average Bonchev–Trinajstić information content (AvgIpc) is 2.22. The van der Waals surface area contributed by atoms with Crippen LogP contribution in [0.5, 0.6) is 0 Å². The van der Waals surface area contributed by atoms with E-state index in [1.54, 1.807) is 0 Å². The van der Waals surface area contributed by atoms with Gasteiger partial charge in [0.15, 0.2) is 0 Å². The zero-order chi connectivity index (χ0) is 13.2. The van der Waals surface area contributed by atoms with E-state index in [0.29, 0.717) is 6.07 Å². The van der Waals surface area contributed by atoms with E-state index in [4.69, 9.17) is 15.2 Å². The molecule has 92 valence electrons. The first-order chi connectivity index (χ1) is 7.82. The van der Waals surface area contributed by atoms with Crippen molar-refractivity contribution in [2.45, 2.75) is 13.3 Å². The molecule has 7 heteroatoms. The predicted octanol–water partition coefficient (Wildman–Crippen LogP) is -0.0922. The van der Waals surface area contributed by atoms with Crippen LogP contribution in [0.3, 0.4) is 0 Å². The van der Waals surface area contributed by atoms with Gasteiger partial charge in [0.1, 0.15) is 11.6 Å². The lowest BCUT2D eigenvalue weighted by Gasteiger charge is -2.09. The predicted molar refractivity (Wildman–Crippen MR) is 56.7 cm³/mol. The van der Waals surface area contributed by atoms with Crippen molar-refractivity contribution in [3.8, 4) is 0 Å². The number of hydrogen-bond donors (Lipinski definition) is 3. The Morgan fingerprint density at radius 2 is 1.94 bits per heavy atom. The molecule has 0 heterocycles. The topological polar surface area (TPSA) is 77.8 Å². The summed E-state index contributed by atoms with van der Waals surface area (Å²) in [4.78, 5) is 10.6. The monoisotopic (exact) mass is 244 g/mol. The van der Waals surface area contributed by atoms with Gasteiger partial charge in [-0.25, -0.2) is 8.78 Å². The largest absolute Gasteiger partial charge is 0.491 e. The summed E-state index contributed by atoms with van der Waals surface area (Å²) < 4.78 is 26.7. The van der Waals surface area contributed by atoms with Crippen molar-refractivity contribution in [3.63, 3.8) is 0 Å². The van der Waals surface area contributed by atoms with Gasteiger partial charge in [-0.3, -0.25) is 4.79 Å². The van der Waals surface area contributed by atoms with Crippen LogP contribution in [-0.4, -0.2) is 28.2 Å². The molecular weight excluding hydrogens is 233 g/mol. The van der Waals surface area contributed by atoms with Gasteiger partial charge in [0.2, 0.25) is 0 Å². The molecule has 0 aliphatic rings. The third kappa shape index (κ3) is 3.24. The van der Waals surface area contributed by atoms with Gasteiger partial charge in [-0.05, 0) is 24.1 Å². The number of carboxylic acid groups (broad SMARTS) is 1. The maximum Gasteiger partial charge on any atom is 0.491 e. The zero-order valence-corrected chi connectivity index (χ0v) is 9.02. The first kappa shape index (κ1) is 13.6. The summed E-state index contributed by atoms with van der Waals surface area (Å²) >= 11 is 0. The smallest absolute Gasteiger partial charge is 0.481 e. The molecule has 1 aromatic rings. The SMILES string of the molecule is C[C@@H](Cc1cc(F)c(B(O)O)cc1F)C(=O)O. The summed E-state index contributed by atoms with van der Waals surface area (Å²) in [7, 11) is -2.10. The van der Waals surface area contributed by atoms with Crippen molar-refractivity contribution < 1.29 is 28.7 Å². The molecule has 0 bridgehead atoms. The molecule has 0 amide bonds. The molecule has 1 atom stereocenters. The van der Waals surface area contributed by atoms with E-state index in [1.807, 2.05) is 0 Å². The molecular formula is C10H11BF2O4. The van der Waals surface area contributed by atoms with Gasteiger partial charge in [0.05, 0.1) is 5.92 Å². The Bertz CT molecular complexity index is 437. The highest BCUT2D eigenvalue weighted by Crippen LogP contribution is 2.14. The van der Waals surface area contributed by atoms with Crippen LogP contribution in [0.2, 0.25) is 0 Å². The first-order valence-electron chi connectivity index (χ1n) is 4.89. The molecule has 0 unspecified atom stereocenters. The fraction of sp³-hybridized carbons (Fsp3) is 0.300. The molecule has 4 nitrogen and oxygen atoms in total. The minimum Gasteiger partial charge on any atom is -0.481 e. The van der Waals surface area contributed by atoms with Gasteiger partial charge in [0.25, 0.3) is 0 Å². The van der Waals surface area contributed by atoms with Crippen molar-refractivity contribution in [2.75, 3.05) is 0 Å². The highest BCUT2D eigenvalue weighted by atomic mass is 19.1. The minimum absolute atomic E-state index is 0.109. The summed E-state index contributed by atoms with van der Waals surface area (Å²) in [6.07, 6.45) is -0.167. The Hall–Kier alpha value is -1.47. The third-order valence-corrected chi connectivity index (χ3v) is 2.39. The van der Waals surface area contributed by atoms with E-state index in [2.05, 4.69) is 0 Å². The molecule has 1 aromatic carbocycles. The van der Waals surface area contributed by atoms with Crippen molar-refractivity contribution in [3.05, 3.63) is 29.3 Å². The van der Waals surface area contributed by atoms with Crippen LogP contribution in [0.4, 0.5) is 8.78 Å². The van der Waals surface area contributed by atoms with Crippen molar-refractivity contribution >= 4 is 18.6 Å². The quantitative estimate of drug-likeness (QED) is 0.646. The summed E-state index contributed by atoms with van der Waals surface area (Å²) in [5, 5.41) is 26.1. The lowest BCUT2D eigenvalue weighted by molar-refractivity contribution is -0.141. The number of aliphatic carboxylic acids is 1. The third-order valence-electron chi connectivity index (χ3n) is 2.39. The van der Waals surface area contributed by atoms with Gasteiger partial charge in [-0.15, -0.1) is 0 Å². The summed E-state index contributed by atoms with van der Waals surface area (Å²) in [6.45, 7) is 1.37. The minimum atomic E-state index is -2.10. The molecule has 17 heavy (non-hydrogen) atoms.